The average Bonchev–Trinajstić information content (AvgIpc) is 2.81. The summed E-state index contributed by atoms with van der Waals surface area (Å²) in [6.45, 7) is 4.00. The fraction of sp³-hybridized carbons (Fsp3) is 0.133. The van der Waals surface area contributed by atoms with Crippen LogP contribution >= 0.6 is 15.9 Å². The van der Waals surface area contributed by atoms with Gasteiger partial charge in [0.15, 0.2) is 0 Å². The van der Waals surface area contributed by atoms with Crippen molar-refractivity contribution in [2.45, 2.75) is 13.8 Å². The third-order valence-electron chi connectivity index (χ3n) is 2.58. The van der Waals surface area contributed by atoms with Crippen LogP contribution < -0.4 is 0 Å². The van der Waals surface area contributed by atoms with E-state index >= 15 is 0 Å². The van der Waals surface area contributed by atoms with Crippen molar-refractivity contribution in [3.05, 3.63) is 59.2 Å². The minimum Gasteiger partial charge on any atom is -0.319 e. The Labute approximate surface area is 120 Å². The van der Waals surface area contributed by atoms with Crippen LogP contribution in [0.4, 0.5) is 4.39 Å². The average molecular weight is 321 g/mol. The van der Waals surface area contributed by atoms with E-state index in [1.807, 2.05) is 36.7 Å². The second-order valence-corrected chi connectivity index (χ2v) is 4.69. The Bertz CT molecular complexity index is 674. The van der Waals surface area contributed by atoms with Gasteiger partial charge in [0.2, 0.25) is 0 Å². The summed E-state index contributed by atoms with van der Waals surface area (Å²) in [5.74, 6) is -0.237. The summed E-state index contributed by atoms with van der Waals surface area (Å²) in [5, 5.41) is 0. The quantitative estimate of drug-likeness (QED) is 0.621. The Hall–Kier alpha value is -1.68. The highest BCUT2D eigenvalue weighted by molar-refractivity contribution is 9.10. The first-order chi connectivity index (χ1) is 9.22. The first kappa shape index (κ1) is 13.7. The van der Waals surface area contributed by atoms with E-state index in [1.165, 1.54) is 12.1 Å². The summed E-state index contributed by atoms with van der Waals surface area (Å²) in [6, 6.07) is 8.31. The second kappa shape index (κ2) is 5.97. The normalized spacial score (nSPS) is 10.1. The van der Waals surface area contributed by atoms with Gasteiger partial charge in [-0.25, -0.2) is 4.39 Å². The summed E-state index contributed by atoms with van der Waals surface area (Å²) in [4.78, 5) is 4.36. The predicted octanol–water partition coefficient (Wildman–Crippen LogP) is 4.93. The van der Waals surface area contributed by atoms with Gasteiger partial charge in [0.05, 0.1) is 17.4 Å². The van der Waals surface area contributed by atoms with Crippen molar-refractivity contribution in [3.8, 4) is 11.3 Å². The number of hydrogen-bond donors (Lipinski definition) is 0. The number of hydrogen-bond acceptors (Lipinski definition) is 1. The third kappa shape index (κ3) is 3.01. The van der Waals surface area contributed by atoms with Gasteiger partial charge >= 0.3 is 0 Å². The monoisotopic (exact) mass is 320 g/mol. The molecule has 3 rings (SSSR count). The van der Waals surface area contributed by atoms with E-state index in [-0.39, 0.29) is 5.82 Å². The van der Waals surface area contributed by atoms with E-state index in [1.54, 1.807) is 18.3 Å². The largest absolute Gasteiger partial charge is 0.319 e. The lowest BCUT2D eigenvalue weighted by molar-refractivity contribution is 0.628. The van der Waals surface area contributed by atoms with E-state index in [0.717, 1.165) is 21.2 Å². The van der Waals surface area contributed by atoms with Crippen molar-refractivity contribution in [2.75, 3.05) is 0 Å². The lowest BCUT2D eigenvalue weighted by Gasteiger charge is -2.02. The Kier molecular flexibility index (Phi) is 4.32. The molecule has 0 aliphatic heterocycles. The molecular formula is C15H14BrFN2. The Morgan fingerprint density at radius 3 is 2.47 bits per heavy atom. The highest BCUT2D eigenvalue weighted by Gasteiger charge is 2.02. The number of aromatic nitrogens is 2. The molecule has 2 aromatic heterocycles. The zero-order chi connectivity index (χ0) is 13.8. The first-order valence-electron chi connectivity index (χ1n) is 6.11. The first-order valence-corrected chi connectivity index (χ1v) is 6.91. The van der Waals surface area contributed by atoms with E-state index in [4.69, 9.17) is 0 Å². The van der Waals surface area contributed by atoms with E-state index in [0.29, 0.717) is 0 Å². The maximum atomic E-state index is 12.8. The molecule has 3 aromatic rings. The van der Waals surface area contributed by atoms with Crippen LogP contribution in [0.5, 0.6) is 0 Å². The number of benzene rings is 1. The van der Waals surface area contributed by atoms with Gasteiger partial charge < -0.3 is 4.40 Å². The lowest BCUT2D eigenvalue weighted by Crippen LogP contribution is -1.89. The number of fused-ring (bicyclic) bond motifs is 1. The summed E-state index contributed by atoms with van der Waals surface area (Å²) in [5.41, 5.74) is 2.74. The molecule has 0 N–H and O–H groups in total. The molecule has 0 amide bonds. The zero-order valence-electron chi connectivity index (χ0n) is 10.8. The van der Waals surface area contributed by atoms with Crippen LogP contribution in [0.1, 0.15) is 13.8 Å². The van der Waals surface area contributed by atoms with Gasteiger partial charge in [-0.05, 0) is 46.3 Å². The Balaban J connectivity index is 0.000000637. The van der Waals surface area contributed by atoms with Crippen molar-refractivity contribution in [1.29, 1.82) is 0 Å². The van der Waals surface area contributed by atoms with Gasteiger partial charge in [-0.2, -0.15) is 0 Å². The van der Waals surface area contributed by atoms with Crippen LogP contribution in [0, 0.1) is 5.82 Å². The van der Waals surface area contributed by atoms with E-state index in [2.05, 4.69) is 20.9 Å². The molecule has 19 heavy (non-hydrogen) atoms. The van der Waals surface area contributed by atoms with E-state index in [9.17, 15) is 4.39 Å². The van der Waals surface area contributed by atoms with Crippen LogP contribution in [-0.2, 0) is 0 Å². The van der Waals surface area contributed by atoms with Crippen molar-refractivity contribution in [1.82, 2.24) is 9.38 Å². The fourth-order valence-corrected chi connectivity index (χ4v) is 2.20. The molecule has 0 atom stereocenters. The van der Waals surface area contributed by atoms with Crippen molar-refractivity contribution >= 4 is 21.4 Å². The van der Waals surface area contributed by atoms with Gasteiger partial charge in [0.1, 0.15) is 5.82 Å². The molecule has 0 aliphatic rings. The molecule has 0 spiro atoms. The summed E-state index contributed by atoms with van der Waals surface area (Å²) >= 11 is 3.42. The molecular weight excluding hydrogens is 307 g/mol. The predicted molar refractivity (Wildman–Crippen MR) is 79.6 cm³/mol. The van der Waals surface area contributed by atoms with Crippen LogP contribution in [0.2, 0.25) is 0 Å². The molecule has 2 nitrogen and oxygen atoms in total. The van der Waals surface area contributed by atoms with Crippen LogP contribution in [0.15, 0.2) is 53.4 Å². The molecule has 0 saturated carbocycles. The molecule has 4 heteroatoms. The maximum Gasteiger partial charge on any atom is 0.123 e. The smallest absolute Gasteiger partial charge is 0.123 e. The Morgan fingerprint density at radius 2 is 1.79 bits per heavy atom. The highest BCUT2D eigenvalue weighted by Crippen LogP contribution is 2.20. The minimum absolute atomic E-state index is 0.237. The molecule has 1 aromatic carbocycles. The molecule has 98 valence electrons. The van der Waals surface area contributed by atoms with Crippen LogP contribution in [0.3, 0.4) is 0 Å². The second-order valence-electron chi connectivity index (χ2n) is 3.77. The topological polar surface area (TPSA) is 17.3 Å². The summed E-state index contributed by atoms with van der Waals surface area (Å²) < 4.78 is 15.8. The minimum atomic E-state index is -0.237. The van der Waals surface area contributed by atoms with Crippen LogP contribution in [-0.4, -0.2) is 9.38 Å². The molecule has 2 heterocycles. The van der Waals surface area contributed by atoms with Crippen molar-refractivity contribution in [3.63, 3.8) is 0 Å². The molecule has 0 aliphatic carbocycles. The molecule has 0 radical (unpaired) electrons. The number of rotatable bonds is 1. The van der Waals surface area contributed by atoms with Gasteiger partial charge in [-0.3, -0.25) is 4.98 Å². The number of halogens is 2. The van der Waals surface area contributed by atoms with Gasteiger partial charge in [-0.15, -0.1) is 0 Å². The van der Waals surface area contributed by atoms with E-state index < -0.39 is 0 Å². The molecule has 0 saturated heterocycles. The Morgan fingerprint density at radius 1 is 1.11 bits per heavy atom. The van der Waals surface area contributed by atoms with Crippen molar-refractivity contribution in [2.24, 2.45) is 0 Å². The van der Waals surface area contributed by atoms with Crippen molar-refractivity contribution < 1.29 is 4.39 Å². The van der Waals surface area contributed by atoms with Gasteiger partial charge in [0, 0.05) is 22.4 Å². The van der Waals surface area contributed by atoms with Gasteiger partial charge in [0.25, 0.3) is 0 Å². The van der Waals surface area contributed by atoms with Gasteiger partial charge in [-0.1, -0.05) is 13.8 Å². The molecule has 0 fully saturated rings. The van der Waals surface area contributed by atoms with Crippen LogP contribution in [0.25, 0.3) is 16.8 Å². The standard InChI is InChI=1S/C13H8BrFN2.C2H6/c14-10-5-12-6-16-13(8-17(12)7-10)9-1-3-11(15)4-2-9;1-2/h1-8H;1-2H3. The lowest BCUT2D eigenvalue weighted by atomic mass is 10.1. The fourth-order valence-electron chi connectivity index (χ4n) is 1.75. The highest BCUT2D eigenvalue weighted by atomic mass is 79.9. The SMILES string of the molecule is CC.Fc1ccc(-c2cn3cc(Br)cc3cn2)cc1. The summed E-state index contributed by atoms with van der Waals surface area (Å²) in [6.07, 6.45) is 5.68. The molecule has 0 bridgehead atoms. The summed E-state index contributed by atoms with van der Waals surface area (Å²) in [7, 11) is 0. The molecule has 0 unspecified atom stereocenters. The maximum absolute atomic E-state index is 12.8. The number of nitrogens with zero attached hydrogens (tertiary/aromatic N) is 2. The third-order valence-corrected chi connectivity index (χ3v) is 3.02. The zero-order valence-corrected chi connectivity index (χ0v) is 12.4.